The van der Waals surface area contributed by atoms with Gasteiger partial charge < -0.3 is 5.32 Å². The molecule has 2 aromatic carbocycles. The Bertz CT molecular complexity index is 482. The van der Waals surface area contributed by atoms with Crippen molar-refractivity contribution in [2.24, 2.45) is 0 Å². The van der Waals surface area contributed by atoms with Crippen LogP contribution in [0.4, 0.5) is 0 Å². The van der Waals surface area contributed by atoms with Gasteiger partial charge in [-0.1, -0.05) is 54.6 Å². The van der Waals surface area contributed by atoms with Crippen LogP contribution in [0.3, 0.4) is 0 Å². The van der Waals surface area contributed by atoms with E-state index in [1.165, 1.54) is 16.7 Å². The topological polar surface area (TPSA) is 12.0 Å². The van der Waals surface area contributed by atoms with Crippen LogP contribution in [0.1, 0.15) is 16.7 Å². The molecule has 0 aliphatic rings. The molecule has 0 radical (unpaired) electrons. The third-order valence-corrected chi connectivity index (χ3v) is 4.12. The van der Waals surface area contributed by atoms with E-state index in [0.29, 0.717) is 0 Å². The Morgan fingerprint density at radius 3 is 2.47 bits per heavy atom. The lowest BCUT2D eigenvalue weighted by Gasteiger charge is -2.06. The molecule has 0 aliphatic carbocycles. The molecule has 0 saturated heterocycles. The lowest BCUT2D eigenvalue weighted by Crippen LogP contribution is -2.16. The number of hydrogen-bond donors (Lipinski definition) is 1. The van der Waals surface area contributed by atoms with E-state index in [2.05, 4.69) is 66.8 Å². The molecule has 0 saturated carbocycles. The van der Waals surface area contributed by atoms with E-state index in [-0.39, 0.29) is 0 Å². The van der Waals surface area contributed by atoms with Gasteiger partial charge in [0.2, 0.25) is 0 Å². The second kappa shape index (κ2) is 8.03. The summed E-state index contributed by atoms with van der Waals surface area (Å²) in [6, 6.07) is 19.2. The molecule has 0 spiro atoms. The van der Waals surface area contributed by atoms with Gasteiger partial charge in [-0.15, -0.1) is 0 Å². The van der Waals surface area contributed by atoms with Crippen LogP contribution in [0.2, 0.25) is 0 Å². The van der Waals surface area contributed by atoms with E-state index in [4.69, 9.17) is 0 Å². The van der Waals surface area contributed by atoms with Gasteiger partial charge in [0, 0.05) is 24.6 Å². The first-order valence-electron chi connectivity index (χ1n) is 6.73. The quantitative estimate of drug-likeness (QED) is 0.763. The zero-order valence-corrected chi connectivity index (χ0v) is 12.2. The third kappa shape index (κ3) is 5.09. The molecule has 0 aromatic heterocycles. The first kappa shape index (κ1) is 14.2. The van der Waals surface area contributed by atoms with Crippen LogP contribution in [0.25, 0.3) is 0 Å². The minimum absolute atomic E-state index is 0.964. The van der Waals surface area contributed by atoms with Crippen molar-refractivity contribution in [3.63, 3.8) is 0 Å². The maximum absolute atomic E-state index is 3.48. The normalized spacial score (nSPS) is 10.6. The number of benzene rings is 2. The minimum atomic E-state index is 0.964. The van der Waals surface area contributed by atoms with Crippen molar-refractivity contribution in [3.8, 4) is 0 Å². The SMILES string of the molecule is Cc1ccccc1CSCCNCc1ccccc1. The van der Waals surface area contributed by atoms with Crippen molar-refractivity contribution in [2.45, 2.75) is 19.2 Å². The average Bonchev–Trinajstić information content (AvgIpc) is 2.45. The zero-order chi connectivity index (χ0) is 13.3. The van der Waals surface area contributed by atoms with Crippen LogP contribution in [0, 0.1) is 6.92 Å². The summed E-state index contributed by atoms with van der Waals surface area (Å²) in [7, 11) is 0. The highest BCUT2D eigenvalue weighted by Gasteiger charge is 1.97. The van der Waals surface area contributed by atoms with Gasteiger partial charge in [0.15, 0.2) is 0 Å². The van der Waals surface area contributed by atoms with Gasteiger partial charge >= 0.3 is 0 Å². The Morgan fingerprint density at radius 2 is 1.68 bits per heavy atom. The van der Waals surface area contributed by atoms with Crippen LogP contribution >= 0.6 is 11.8 Å². The van der Waals surface area contributed by atoms with Gasteiger partial charge in [-0.2, -0.15) is 11.8 Å². The summed E-state index contributed by atoms with van der Waals surface area (Å²) in [6.07, 6.45) is 0. The molecule has 2 heteroatoms. The van der Waals surface area contributed by atoms with E-state index in [0.717, 1.165) is 24.6 Å². The molecule has 2 aromatic rings. The molecule has 0 aliphatic heterocycles. The summed E-state index contributed by atoms with van der Waals surface area (Å²) in [4.78, 5) is 0. The molecule has 100 valence electrons. The first-order valence-corrected chi connectivity index (χ1v) is 7.88. The molecule has 19 heavy (non-hydrogen) atoms. The van der Waals surface area contributed by atoms with E-state index < -0.39 is 0 Å². The fraction of sp³-hybridized carbons (Fsp3) is 0.294. The maximum Gasteiger partial charge on any atom is 0.0205 e. The largest absolute Gasteiger partial charge is 0.312 e. The Morgan fingerprint density at radius 1 is 0.947 bits per heavy atom. The summed E-state index contributed by atoms with van der Waals surface area (Å²) in [5.74, 6) is 2.26. The van der Waals surface area contributed by atoms with Gasteiger partial charge in [-0.05, 0) is 23.6 Å². The summed E-state index contributed by atoms with van der Waals surface area (Å²) in [5, 5.41) is 3.48. The summed E-state index contributed by atoms with van der Waals surface area (Å²) >= 11 is 1.99. The van der Waals surface area contributed by atoms with E-state index in [1.54, 1.807) is 0 Å². The second-order valence-corrected chi connectivity index (χ2v) is 5.75. The lowest BCUT2D eigenvalue weighted by atomic mass is 10.1. The Kier molecular flexibility index (Phi) is 5.99. The molecule has 0 atom stereocenters. The predicted octanol–water partition coefficient (Wildman–Crippen LogP) is 4.02. The van der Waals surface area contributed by atoms with Crippen molar-refractivity contribution in [3.05, 3.63) is 71.3 Å². The maximum atomic E-state index is 3.48. The molecule has 1 N–H and O–H groups in total. The highest BCUT2D eigenvalue weighted by atomic mass is 32.2. The summed E-state index contributed by atoms with van der Waals surface area (Å²) < 4.78 is 0. The minimum Gasteiger partial charge on any atom is -0.312 e. The standard InChI is InChI=1S/C17H21NS/c1-15-7-5-6-10-17(15)14-19-12-11-18-13-16-8-3-2-4-9-16/h2-10,18H,11-14H2,1H3. The van der Waals surface area contributed by atoms with E-state index in [1.807, 2.05) is 11.8 Å². The van der Waals surface area contributed by atoms with Crippen molar-refractivity contribution < 1.29 is 0 Å². The fourth-order valence-corrected chi connectivity index (χ4v) is 2.90. The number of aryl methyl sites for hydroxylation is 1. The predicted molar refractivity (Wildman–Crippen MR) is 85.5 cm³/mol. The average molecular weight is 271 g/mol. The van der Waals surface area contributed by atoms with Crippen molar-refractivity contribution in [1.29, 1.82) is 0 Å². The van der Waals surface area contributed by atoms with Crippen molar-refractivity contribution in [2.75, 3.05) is 12.3 Å². The molecular formula is C17H21NS. The molecule has 0 unspecified atom stereocenters. The number of rotatable bonds is 7. The van der Waals surface area contributed by atoms with Crippen LogP contribution in [-0.2, 0) is 12.3 Å². The highest BCUT2D eigenvalue weighted by Crippen LogP contribution is 2.15. The summed E-state index contributed by atoms with van der Waals surface area (Å²) in [6.45, 7) is 4.21. The van der Waals surface area contributed by atoms with Crippen LogP contribution in [0.5, 0.6) is 0 Å². The smallest absolute Gasteiger partial charge is 0.0205 e. The molecule has 2 rings (SSSR count). The van der Waals surface area contributed by atoms with Crippen molar-refractivity contribution in [1.82, 2.24) is 5.32 Å². The van der Waals surface area contributed by atoms with Crippen molar-refractivity contribution >= 4 is 11.8 Å². The van der Waals surface area contributed by atoms with Gasteiger partial charge in [-0.3, -0.25) is 0 Å². The van der Waals surface area contributed by atoms with E-state index >= 15 is 0 Å². The molecule has 0 amide bonds. The molecule has 1 nitrogen and oxygen atoms in total. The number of thioether (sulfide) groups is 1. The Hall–Kier alpha value is -1.25. The Labute approximate surface area is 120 Å². The third-order valence-electron chi connectivity index (χ3n) is 3.11. The van der Waals surface area contributed by atoms with E-state index in [9.17, 15) is 0 Å². The number of hydrogen-bond acceptors (Lipinski definition) is 2. The van der Waals surface area contributed by atoms with Gasteiger partial charge in [-0.25, -0.2) is 0 Å². The molecule has 0 heterocycles. The first-order chi connectivity index (χ1) is 9.36. The lowest BCUT2D eigenvalue weighted by molar-refractivity contribution is 0.732. The molecule has 0 bridgehead atoms. The van der Waals surface area contributed by atoms with Gasteiger partial charge in [0.05, 0.1) is 0 Å². The molecular weight excluding hydrogens is 250 g/mol. The van der Waals surface area contributed by atoms with Crippen LogP contribution < -0.4 is 5.32 Å². The summed E-state index contributed by atoms with van der Waals surface area (Å²) in [5.41, 5.74) is 4.20. The second-order valence-electron chi connectivity index (χ2n) is 4.64. The Balaban J connectivity index is 1.59. The van der Waals surface area contributed by atoms with Gasteiger partial charge in [0.25, 0.3) is 0 Å². The highest BCUT2D eigenvalue weighted by molar-refractivity contribution is 7.98. The van der Waals surface area contributed by atoms with Crippen LogP contribution in [0.15, 0.2) is 54.6 Å². The zero-order valence-electron chi connectivity index (χ0n) is 11.4. The monoisotopic (exact) mass is 271 g/mol. The number of nitrogens with one attached hydrogen (secondary N) is 1. The van der Waals surface area contributed by atoms with Crippen LogP contribution in [-0.4, -0.2) is 12.3 Å². The fourth-order valence-electron chi connectivity index (χ4n) is 1.93. The molecule has 0 fully saturated rings. The van der Waals surface area contributed by atoms with Gasteiger partial charge in [0.1, 0.15) is 0 Å².